The molecule has 0 bridgehead atoms. The Labute approximate surface area is 136 Å². The van der Waals surface area contributed by atoms with E-state index in [4.69, 9.17) is 5.11 Å². The second kappa shape index (κ2) is 6.49. The van der Waals surface area contributed by atoms with Crippen LogP contribution in [0.2, 0.25) is 0 Å². The molecule has 2 heterocycles. The van der Waals surface area contributed by atoms with Crippen molar-refractivity contribution in [2.24, 2.45) is 0 Å². The summed E-state index contributed by atoms with van der Waals surface area (Å²) in [5.41, 5.74) is 1.21. The summed E-state index contributed by atoms with van der Waals surface area (Å²) in [5, 5.41) is 21.9. The van der Waals surface area contributed by atoms with Crippen molar-refractivity contribution in [1.82, 2.24) is 9.97 Å². The normalized spacial score (nSPS) is 15.1. The van der Waals surface area contributed by atoms with Crippen LogP contribution in [0.4, 0.5) is 5.82 Å². The van der Waals surface area contributed by atoms with Crippen LogP contribution in [0, 0.1) is 0 Å². The zero-order chi connectivity index (χ0) is 16.4. The summed E-state index contributed by atoms with van der Waals surface area (Å²) in [6.07, 6.45) is 5.45. The van der Waals surface area contributed by atoms with E-state index >= 15 is 0 Å². The van der Waals surface area contributed by atoms with Gasteiger partial charge in [0.15, 0.2) is 0 Å². The van der Waals surface area contributed by atoms with Gasteiger partial charge in [-0.25, -0.2) is 14.8 Å². The maximum Gasteiger partial charge on any atom is 0.326 e. The lowest BCUT2D eigenvalue weighted by Gasteiger charge is -2.16. The highest BCUT2D eigenvalue weighted by Crippen LogP contribution is 2.38. The Kier molecular flexibility index (Phi) is 4.42. The van der Waals surface area contributed by atoms with Crippen molar-refractivity contribution in [3.63, 3.8) is 0 Å². The quantitative estimate of drug-likeness (QED) is 0.742. The standard InChI is InChI=1S/C15H17N3O4S/c19-11(20)6-5-9(15(21)22)18-13-12-8-3-1-2-4-10(8)23-14(12)17-7-16-13/h7,9H,1-6H2,(H,19,20)(H,21,22)(H,16,17,18)/t9-/m1/s1. The predicted molar refractivity (Wildman–Crippen MR) is 86.0 cm³/mol. The van der Waals surface area contributed by atoms with Crippen molar-refractivity contribution in [2.45, 2.75) is 44.6 Å². The molecule has 122 valence electrons. The Bertz CT molecular complexity index is 759. The van der Waals surface area contributed by atoms with Gasteiger partial charge in [-0.1, -0.05) is 0 Å². The van der Waals surface area contributed by atoms with Gasteiger partial charge >= 0.3 is 11.9 Å². The minimum absolute atomic E-state index is 0.00247. The third kappa shape index (κ3) is 3.26. The Morgan fingerprint density at radius 3 is 2.78 bits per heavy atom. The summed E-state index contributed by atoms with van der Waals surface area (Å²) in [4.78, 5) is 32.7. The zero-order valence-electron chi connectivity index (χ0n) is 12.4. The zero-order valence-corrected chi connectivity index (χ0v) is 13.2. The number of thiophene rings is 1. The van der Waals surface area contributed by atoms with Gasteiger partial charge < -0.3 is 15.5 Å². The smallest absolute Gasteiger partial charge is 0.326 e. The maximum absolute atomic E-state index is 11.4. The highest BCUT2D eigenvalue weighted by atomic mass is 32.1. The molecule has 2 aromatic heterocycles. The molecule has 3 N–H and O–H groups in total. The molecule has 3 rings (SSSR count). The summed E-state index contributed by atoms with van der Waals surface area (Å²) in [5.74, 6) is -1.60. The van der Waals surface area contributed by atoms with Gasteiger partial charge in [0.05, 0.1) is 5.39 Å². The van der Waals surface area contributed by atoms with E-state index in [1.807, 2.05) is 0 Å². The number of fused-ring (bicyclic) bond motifs is 3. The first kappa shape index (κ1) is 15.7. The molecule has 0 spiro atoms. The van der Waals surface area contributed by atoms with E-state index in [2.05, 4.69) is 15.3 Å². The van der Waals surface area contributed by atoms with Crippen molar-refractivity contribution in [2.75, 3.05) is 5.32 Å². The molecular weight excluding hydrogens is 318 g/mol. The SMILES string of the molecule is O=C(O)CC[C@@H](Nc1ncnc2sc3c(c12)CCCC3)C(=O)O. The van der Waals surface area contributed by atoms with Gasteiger partial charge in [0.2, 0.25) is 0 Å². The van der Waals surface area contributed by atoms with Crippen molar-refractivity contribution in [1.29, 1.82) is 0 Å². The fraction of sp³-hybridized carbons (Fsp3) is 0.467. The lowest BCUT2D eigenvalue weighted by Crippen LogP contribution is -2.30. The van der Waals surface area contributed by atoms with Crippen LogP contribution < -0.4 is 5.32 Å². The number of carbonyl (C=O) groups is 2. The topological polar surface area (TPSA) is 112 Å². The van der Waals surface area contributed by atoms with Crippen LogP contribution in [0.25, 0.3) is 10.2 Å². The molecule has 8 heteroatoms. The summed E-state index contributed by atoms with van der Waals surface area (Å²) >= 11 is 1.63. The van der Waals surface area contributed by atoms with Crippen LogP contribution >= 0.6 is 11.3 Å². The average molecular weight is 335 g/mol. The molecule has 0 saturated carbocycles. The van der Waals surface area contributed by atoms with Crippen LogP contribution in [0.5, 0.6) is 0 Å². The summed E-state index contributed by atoms with van der Waals surface area (Å²) < 4.78 is 0. The summed E-state index contributed by atoms with van der Waals surface area (Å²) in [7, 11) is 0. The Morgan fingerprint density at radius 2 is 2.04 bits per heavy atom. The third-order valence-electron chi connectivity index (χ3n) is 4.01. The van der Waals surface area contributed by atoms with E-state index < -0.39 is 18.0 Å². The number of aryl methyl sites for hydroxylation is 2. The molecule has 23 heavy (non-hydrogen) atoms. The first-order valence-electron chi connectivity index (χ1n) is 7.52. The lowest BCUT2D eigenvalue weighted by molar-refractivity contribution is -0.139. The van der Waals surface area contributed by atoms with Crippen molar-refractivity contribution in [3.05, 3.63) is 16.8 Å². The highest BCUT2D eigenvalue weighted by molar-refractivity contribution is 7.19. The van der Waals surface area contributed by atoms with E-state index in [0.717, 1.165) is 35.9 Å². The number of nitrogens with one attached hydrogen (secondary N) is 1. The number of rotatable bonds is 6. The van der Waals surface area contributed by atoms with Crippen LogP contribution in [-0.4, -0.2) is 38.2 Å². The van der Waals surface area contributed by atoms with Gasteiger partial charge in [-0.2, -0.15) is 0 Å². The van der Waals surface area contributed by atoms with Crippen LogP contribution in [-0.2, 0) is 22.4 Å². The molecule has 0 unspecified atom stereocenters. The number of hydrogen-bond acceptors (Lipinski definition) is 6. The number of aromatic nitrogens is 2. The van der Waals surface area contributed by atoms with Crippen molar-refractivity contribution < 1.29 is 19.8 Å². The molecule has 0 aromatic carbocycles. The minimum Gasteiger partial charge on any atom is -0.481 e. The Morgan fingerprint density at radius 1 is 1.26 bits per heavy atom. The lowest BCUT2D eigenvalue weighted by atomic mass is 9.97. The second-order valence-electron chi connectivity index (χ2n) is 5.58. The number of aliphatic carboxylic acids is 2. The van der Waals surface area contributed by atoms with E-state index in [0.29, 0.717) is 5.82 Å². The second-order valence-corrected chi connectivity index (χ2v) is 6.66. The van der Waals surface area contributed by atoms with Crippen LogP contribution in [0.15, 0.2) is 6.33 Å². The first-order chi connectivity index (χ1) is 11.1. The maximum atomic E-state index is 11.4. The number of anilines is 1. The van der Waals surface area contributed by atoms with Gasteiger partial charge in [-0.3, -0.25) is 4.79 Å². The van der Waals surface area contributed by atoms with Crippen molar-refractivity contribution in [3.8, 4) is 0 Å². The molecule has 0 saturated heterocycles. The van der Waals surface area contributed by atoms with E-state index in [1.165, 1.54) is 16.8 Å². The van der Waals surface area contributed by atoms with Crippen LogP contribution in [0.3, 0.4) is 0 Å². The third-order valence-corrected chi connectivity index (χ3v) is 5.21. The van der Waals surface area contributed by atoms with Gasteiger partial charge in [-0.05, 0) is 37.7 Å². The molecular formula is C15H17N3O4S. The molecule has 1 aliphatic carbocycles. The fourth-order valence-electron chi connectivity index (χ4n) is 2.89. The van der Waals surface area contributed by atoms with E-state index in [1.54, 1.807) is 11.3 Å². The molecule has 1 atom stereocenters. The number of carboxylic acid groups (broad SMARTS) is 2. The first-order valence-corrected chi connectivity index (χ1v) is 8.34. The van der Waals surface area contributed by atoms with Gasteiger partial charge in [0, 0.05) is 11.3 Å². The van der Waals surface area contributed by atoms with Crippen molar-refractivity contribution >= 4 is 39.3 Å². The van der Waals surface area contributed by atoms with Crippen LogP contribution in [0.1, 0.15) is 36.1 Å². The number of hydrogen-bond donors (Lipinski definition) is 3. The van der Waals surface area contributed by atoms with Gasteiger partial charge in [0.1, 0.15) is 23.0 Å². The average Bonchev–Trinajstić information content (AvgIpc) is 2.90. The monoisotopic (exact) mass is 335 g/mol. The Balaban J connectivity index is 1.93. The Hall–Kier alpha value is -2.22. The molecule has 2 aromatic rings. The van der Waals surface area contributed by atoms with Gasteiger partial charge in [0.25, 0.3) is 0 Å². The van der Waals surface area contributed by atoms with Gasteiger partial charge in [-0.15, -0.1) is 11.3 Å². The summed E-state index contributed by atoms with van der Waals surface area (Å²) in [6.45, 7) is 0. The minimum atomic E-state index is -1.08. The number of nitrogens with zero attached hydrogens (tertiary/aromatic N) is 2. The van der Waals surface area contributed by atoms with E-state index in [-0.39, 0.29) is 12.8 Å². The summed E-state index contributed by atoms with van der Waals surface area (Å²) in [6, 6.07) is -0.983. The van der Waals surface area contributed by atoms with E-state index in [9.17, 15) is 14.7 Å². The molecule has 7 nitrogen and oxygen atoms in total. The molecule has 1 aliphatic rings. The molecule has 0 amide bonds. The highest BCUT2D eigenvalue weighted by Gasteiger charge is 2.24. The molecule has 0 aliphatic heterocycles. The molecule has 0 radical (unpaired) electrons. The predicted octanol–water partition coefficient (Wildman–Crippen LogP) is 2.30. The number of carboxylic acids is 2. The molecule has 0 fully saturated rings. The fourth-order valence-corrected chi connectivity index (χ4v) is 4.12. The largest absolute Gasteiger partial charge is 0.481 e.